The van der Waals surface area contributed by atoms with Crippen LogP contribution in [0.3, 0.4) is 0 Å². The molecule has 1 rings (SSSR count). The molecule has 0 saturated heterocycles. The SMILES string of the molecule is CCNC(CCCC(C)C)C(CC)c1ccccc1. The second-order valence-corrected chi connectivity index (χ2v) is 5.91. The van der Waals surface area contributed by atoms with E-state index >= 15 is 0 Å². The van der Waals surface area contributed by atoms with Crippen molar-refractivity contribution in [1.82, 2.24) is 5.32 Å². The first-order chi connectivity index (χ1) is 9.19. The topological polar surface area (TPSA) is 12.0 Å². The smallest absolute Gasteiger partial charge is 0.0136 e. The van der Waals surface area contributed by atoms with Crippen molar-refractivity contribution < 1.29 is 0 Å². The minimum atomic E-state index is 0.621. The third-order valence-corrected chi connectivity index (χ3v) is 3.92. The van der Waals surface area contributed by atoms with Gasteiger partial charge in [0.2, 0.25) is 0 Å². The molecule has 1 N–H and O–H groups in total. The Labute approximate surface area is 119 Å². The summed E-state index contributed by atoms with van der Waals surface area (Å²) in [4.78, 5) is 0. The third-order valence-electron chi connectivity index (χ3n) is 3.92. The van der Waals surface area contributed by atoms with Crippen molar-refractivity contribution in [1.29, 1.82) is 0 Å². The summed E-state index contributed by atoms with van der Waals surface area (Å²) in [6.07, 6.45) is 5.18. The molecule has 0 aliphatic carbocycles. The van der Waals surface area contributed by atoms with Gasteiger partial charge in [-0.3, -0.25) is 0 Å². The largest absolute Gasteiger partial charge is 0.314 e. The molecule has 1 heteroatoms. The van der Waals surface area contributed by atoms with Gasteiger partial charge in [-0.25, -0.2) is 0 Å². The molecule has 108 valence electrons. The lowest BCUT2D eigenvalue weighted by molar-refractivity contribution is 0.382. The van der Waals surface area contributed by atoms with Gasteiger partial charge in [0.05, 0.1) is 0 Å². The van der Waals surface area contributed by atoms with Crippen molar-refractivity contribution >= 4 is 0 Å². The first-order valence-corrected chi connectivity index (χ1v) is 7.97. The second-order valence-electron chi connectivity index (χ2n) is 5.91. The van der Waals surface area contributed by atoms with E-state index in [4.69, 9.17) is 0 Å². The fraction of sp³-hybridized carbons (Fsp3) is 0.667. The number of hydrogen-bond acceptors (Lipinski definition) is 1. The predicted molar refractivity (Wildman–Crippen MR) is 85.6 cm³/mol. The molecule has 0 fully saturated rings. The van der Waals surface area contributed by atoms with Crippen LogP contribution in [0.15, 0.2) is 30.3 Å². The van der Waals surface area contributed by atoms with Crippen LogP contribution < -0.4 is 5.32 Å². The van der Waals surface area contributed by atoms with Gasteiger partial charge < -0.3 is 5.32 Å². The number of likely N-dealkylation sites (N-methyl/N-ethyl adjacent to an activating group) is 1. The summed E-state index contributed by atoms with van der Waals surface area (Å²) in [7, 11) is 0. The average Bonchev–Trinajstić information content (AvgIpc) is 2.40. The molecule has 2 unspecified atom stereocenters. The van der Waals surface area contributed by atoms with E-state index in [2.05, 4.69) is 63.3 Å². The molecule has 0 radical (unpaired) electrons. The van der Waals surface area contributed by atoms with E-state index in [0.29, 0.717) is 12.0 Å². The van der Waals surface area contributed by atoms with Crippen LogP contribution in [-0.2, 0) is 0 Å². The van der Waals surface area contributed by atoms with Crippen molar-refractivity contribution in [2.24, 2.45) is 5.92 Å². The summed E-state index contributed by atoms with van der Waals surface area (Å²) in [5.41, 5.74) is 1.49. The van der Waals surface area contributed by atoms with Gasteiger partial charge >= 0.3 is 0 Å². The molecular weight excluding hydrogens is 230 g/mol. The Bertz CT molecular complexity index is 318. The highest BCUT2D eigenvalue weighted by Gasteiger charge is 2.20. The lowest BCUT2D eigenvalue weighted by Gasteiger charge is -2.28. The molecule has 0 aliphatic rings. The van der Waals surface area contributed by atoms with Gasteiger partial charge in [-0.2, -0.15) is 0 Å². The van der Waals surface area contributed by atoms with Gasteiger partial charge in [0.1, 0.15) is 0 Å². The highest BCUT2D eigenvalue weighted by atomic mass is 14.9. The van der Waals surface area contributed by atoms with E-state index in [0.717, 1.165) is 12.5 Å². The Kier molecular flexibility index (Phi) is 7.81. The molecule has 0 bridgehead atoms. The quantitative estimate of drug-likeness (QED) is 0.660. The number of rotatable bonds is 9. The maximum atomic E-state index is 3.71. The zero-order valence-corrected chi connectivity index (χ0v) is 13.2. The van der Waals surface area contributed by atoms with Crippen LogP contribution in [0.5, 0.6) is 0 Å². The molecule has 1 aromatic carbocycles. The molecule has 1 aromatic rings. The van der Waals surface area contributed by atoms with Gasteiger partial charge in [-0.15, -0.1) is 0 Å². The van der Waals surface area contributed by atoms with Crippen LogP contribution in [-0.4, -0.2) is 12.6 Å². The van der Waals surface area contributed by atoms with Crippen molar-refractivity contribution in [3.05, 3.63) is 35.9 Å². The predicted octanol–water partition coefficient (Wildman–Crippen LogP) is 4.98. The van der Waals surface area contributed by atoms with Gasteiger partial charge in [0.25, 0.3) is 0 Å². The first kappa shape index (κ1) is 16.2. The highest BCUT2D eigenvalue weighted by molar-refractivity contribution is 5.21. The lowest BCUT2D eigenvalue weighted by Crippen LogP contribution is -2.34. The fourth-order valence-electron chi connectivity index (χ4n) is 2.91. The number of benzene rings is 1. The van der Waals surface area contributed by atoms with Crippen molar-refractivity contribution in [3.63, 3.8) is 0 Å². The molecule has 0 aromatic heterocycles. The van der Waals surface area contributed by atoms with E-state index in [1.165, 1.54) is 31.2 Å². The van der Waals surface area contributed by atoms with Crippen molar-refractivity contribution in [2.45, 2.75) is 65.3 Å². The Morgan fingerprint density at radius 1 is 1.00 bits per heavy atom. The third kappa shape index (κ3) is 5.78. The zero-order valence-electron chi connectivity index (χ0n) is 13.2. The molecule has 0 amide bonds. The zero-order chi connectivity index (χ0) is 14.1. The van der Waals surface area contributed by atoms with E-state index < -0.39 is 0 Å². The summed E-state index contributed by atoms with van der Waals surface area (Å²) in [6, 6.07) is 11.6. The van der Waals surface area contributed by atoms with Crippen LogP contribution in [0.1, 0.15) is 64.9 Å². The monoisotopic (exact) mass is 261 g/mol. The Balaban J connectivity index is 2.66. The number of hydrogen-bond donors (Lipinski definition) is 1. The summed E-state index contributed by atoms with van der Waals surface area (Å²) in [6.45, 7) is 10.2. The second kappa shape index (κ2) is 9.14. The number of nitrogens with one attached hydrogen (secondary N) is 1. The molecule has 19 heavy (non-hydrogen) atoms. The van der Waals surface area contributed by atoms with E-state index in [-0.39, 0.29) is 0 Å². The molecule has 0 saturated carbocycles. The Morgan fingerprint density at radius 3 is 2.21 bits per heavy atom. The molecular formula is C18H31N. The van der Waals surface area contributed by atoms with Crippen LogP contribution >= 0.6 is 0 Å². The van der Waals surface area contributed by atoms with E-state index in [1.54, 1.807) is 0 Å². The summed E-state index contributed by atoms with van der Waals surface area (Å²) >= 11 is 0. The molecule has 0 heterocycles. The maximum Gasteiger partial charge on any atom is 0.0136 e. The van der Waals surface area contributed by atoms with Crippen molar-refractivity contribution in [2.75, 3.05) is 6.54 Å². The molecule has 0 aliphatic heterocycles. The van der Waals surface area contributed by atoms with Gasteiger partial charge in [-0.1, -0.05) is 70.9 Å². The Morgan fingerprint density at radius 2 is 1.68 bits per heavy atom. The minimum Gasteiger partial charge on any atom is -0.314 e. The van der Waals surface area contributed by atoms with E-state index in [1.807, 2.05) is 0 Å². The Hall–Kier alpha value is -0.820. The van der Waals surface area contributed by atoms with Crippen molar-refractivity contribution in [3.8, 4) is 0 Å². The van der Waals surface area contributed by atoms with E-state index in [9.17, 15) is 0 Å². The summed E-state index contributed by atoms with van der Waals surface area (Å²) < 4.78 is 0. The first-order valence-electron chi connectivity index (χ1n) is 7.97. The van der Waals surface area contributed by atoms with Gasteiger partial charge in [-0.05, 0) is 36.8 Å². The maximum absolute atomic E-state index is 3.71. The van der Waals surface area contributed by atoms with Crippen LogP contribution in [0.4, 0.5) is 0 Å². The molecule has 2 atom stereocenters. The summed E-state index contributed by atoms with van der Waals surface area (Å²) in [5.74, 6) is 1.47. The van der Waals surface area contributed by atoms with Crippen LogP contribution in [0.25, 0.3) is 0 Å². The standard InChI is InChI=1S/C18H31N/c1-5-17(16-12-8-7-9-13-16)18(19-6-2)14-10-11-15(3)4/h7-9,12-13,15,17-19H,5-6,10-11,14H2,1-4H3. The fourth-order valence-corrected chi connectivity index (χ4v) is 2.91. The lowest BCUT2D eigenvalue weighted by atomic mass is 9.86. The molecule has 0 spiro atoms. The van der Waals surface area contributed by atoms with Gasteiger partial charge in [0.15, 0.2) is 0 Å². The summed E-state index contributed by atoms with van der Waals surface area (Å²) in [5, 5.41) is 3.71. The molecule has 1 nitrogen and oxygen atoms in total. The average molecular weight is 261 g/mol. The normalized spacial score (nSPS) is 14.6. The van der Waals surface area contributed by atoms with Crippen LogP contribution in [0, 0.1) is 5.92 Å². The van der Waals surface area contributed by atoms with Gasteiger partial charge in [0, 0.05) is 6.04 Å². The highest BCUT2D eigenvalue weighted by Crippen LogP contribution is 2.26. The minimum absolute atomic E-state index is 0.621. The van der Waals surface area contributed by atoms with Crippen LogP contribution in [0.2, 0.25) is 0 Å².